The molecule has 0 heterocycles. The van der Waals surface area contributed by atoms with E-state index in [1.807, 2.05) is 0 Å². The van der Waals surface area contributed by atoms with E-state index in [0.717, 1.165) is 32.1 Å². The van der Waals surface area contributed by atoms with Crippen LogP contribution >= 0.6 is 0 Å². The van der Waals surface area contributed by atoms with Crippen molar-refractivity contribution in [2.75, 3.05) is 0 Å². The SMILES string of the molecule is CCCCCCCCCc1c(F)c(F)c(F)c2c(F)c(F)c(F)c(F)c12. The average Bonchev–Trinajstić information content (AvgIpc) is 2.63. The van der Waals surface area contributed by atoms with E-state index in [1.54, 1.807) is 0 Å². The zero-order valence-corrected chi connectivity index (χ0v) is 14.3. The second-order valence-electron chi connectivity index (χ2n) is 6.30. The van der Waals surface area contributed by atoms with Gasteiger partial charge >= 0.3 is 0 Å². The van der Waals surface area contributed by atoms with Gasteiger partial charge in [0, 0.05) is 10.9 Å². The molecule has 0 unspecified atom stereocenters. The topological polar surface area (TPSA) is 0 Å². The summed E-state index contributed by atoms with van der Waals surface area (Å²) in [6.07, 6.45) is 5.59. The van der Waals surface area contributed by atoms with Gasteiger partial charge in [-0.1, -0.05) is 45.4 Å². The lowest BCUT2D eigenvalue weighted by molar-refractivity contribution is 0.408. The van der Waals surface area contributed by atoms with Crippen LogP contribution in [0.3, 0.4) is 0 Å². The maximum atomic E-state index is 14.1. The number of rotatable bonds is 8. The summed E-state index contributed by atoms with van der Waals surface area (Å²) in [4.78, 5) is 0. The van der Waals surface area contributed by atoms with Gasteiger partial charge in [-0.15, -0.1) is 0 Å². The van der Waals surface area contributed by atoms with Gasteiger partial charge in [0.15, 0.2) is 40.7 Å². The van der Waals surface area contributed by atoms with E-state index in [0.29, 0.717) is 12.8 Å². The molecule has 0 bridgehead atoms. The molecule has 0 atom stereocenters. The van der Waals surface area contributed by atoms with Crippen LogP contribution in [-0.4, -0.2) is 0 Å². The zero-order valence-electron chi connectivity index (χ0n) is 14.3. The molecule has 0 amide bonds. The average molecular weight is 380 g/mol. The number of hydrogen-bond acceptors (Lipinski definition) is 0. The van der Waals surface area contributed by atoms with E-state index in [2.05, 4.69) is 6.92 Å². The van der Waals surface area contributed by atoms with E-state index in [1.165, 1.54) is 0 Å². The molecule has 0 saturated heterocycles. The van der Waals surface area contributed by atoms with Crippen LogP contribution in [0.4, 0.5) is 30.7 Å². The minimum atomic E-state index is -2.26. The van der Waals surface area contributed by atoms with Crippen molar-refractivity contribution in [2.24, 2.45) is 0 Å². The number of unbranched alkanes of at least 4 members (excludes halogenated alkanes) is 6. The van der Waals surface area contributed by atoms with E-state index in [4.69, 9.17) is 0 Å². The van der Waals surface area contributed by atoms with Crippen molar-refractivity contribution in [3.63, 3.8) is 0 Å². The van der Waals surface area contributed by atoms with E-state index >= 15 is 0 Å². The monoisotopic (exact) mass is 380 g/mol. The molecule has 0 aliphatic rings. The van der Waals surface area contributed by atoms with Gasteiger partial charge in [-0.05, 0) is 12.8 Å². The summed E-state index contributed by atoms with van der Waals surface area (Å²) >= 11 is 0. The molecular weight excluding hydrogens is 361 g/mol. The predicted octanol–water partition coefficient (Wildman–Crippen LogP) is 7.11. The molecule has 0 aromatic heterocycles. The fourth-order valence-electron chi connectivity index (χ4n) is 3.06. The molecule has 0 spiro atoms. The summed E-state index contributed by atoms with van der Waals surface area (Å²) in [7, 11) is 0. The first-order valence-electron chi connectivity index (χ1n) is 8.63. The van der Waals surface area contributed by atoms with Gasteiger partial charge in [-0.2, -0.15) is 0 Å². The molecule has 26 heavy (non-hydrogen) atoms. The summed E-state index contributed by atoms with van der Waals surface area (Å²) in [6.45, 7) is 2.06. The second kappa shape index (κ2) is 8.73. The second-order valence-corrected chi connectivity index (χ2v) is 6.30. The van der Waals surface area contributed by atoms with Gasteiger partial charge in [-0.25, -0.2) is 30.7 Å². The van der Waals surface area contributed by atoms with Crippen LogP contribution in [-0.2, 0) is 6.42 Å². The van der Waals surface area contributed by atoms with Gasteiger partial charge in [0.2, 0.25) is 0 Å². The Bertz CT molecular complexity index is 791. The number of hydrogen-bond donors (Lipinski definition) is 0. The largest absolute Gasteiger partial charge is 0.203 e. The minimum absolute atomic E-state index is 0.241. The summed E-state index contributed by atoms with van der Waals surface area (Å²) in [5.41, 5.74) is -0.678. The van der Waals surface area contributed by atoms with Crippen molar-refractivity contribution in [3.8, 4) is 0 Å². The molecule has 0 nitrogen and oxygen atoms in total. The van der Waals surface area contributed by atoms with Crippen molar-refractivity contribution in [2.45, 2.75) is 58.3 Å². The summed E-state index contributed by atoms with van der Waals surface area (Å²) < 4.78 is 96.4. The van der Waals surface area contributed by atoms with Gasteiger partial charge < -0.3 is 0 Å². The zero-order chi connectivity index (χ0) is 19.4. The van der Waals surface area contributed by atoms with Crippen molar-refractivity contribution in [1.82, 2.24) is 0 Å². The molecule has 2 aromatic carbocycles. The first-order chi connectivity index (χ1) is 12.3. The maximum absolute atomic E-state index is 14.1. The summed E-state index contributed by atoms with van der Waals surface area (Å²) in [5, 5.41) is -2.48. The molecule has 0 radical (unpaired) electrons. The highest BCUT2D eigenvalue weighted by atomic mass is 19.2. The first kappa shape index (κ1) is 20.5. The van der Waals surface area contributed by atoms with E-state index < -0.39 is 57.1 Å². The Morgan fingerprint density at radius 3 is 1.42 bits per heavy atom. The van der Waals surface area contributed by atoms with Gasteiger partial charge in [-0.3, -0.25) is 0 Å². The molecule has 2 aromatic rings. The standard InChI is InChI=1S/C19H19F7/c1-2-3-4-5-6-7-8-9-10-11-12(15(22)17(24)13(10)20)16(23)19(26)18(25)14(11)21/h2-9H2,1H3. The fourth-order valence-corrected chi connectivity index (χ4v) is 3.06. The number of fused-ring (bicyclic) bond motifs is 1. The van der Waals surface area contributed by atoms with Gasteiger partial charge in [0.1, 0.15) is 0 Å². The molecule has 2 rings (SSSR count). The third kappa shape index (κ3) is 3.81. The highest BCUT2D eigenvalue weighted by Gasteiger charge is 2.29. The number of benzene rings is 2. The van der Waals surface area contributed by atoms with Crippen LogP contribution in [0.5, 0.6) is 0 Å². The lowest BCUT2D eigenvalue weighted by atomic mass is 9.96. The van der Waals surface area contributed by atoms with Crippen molar-refractivity contribution in [3.05, 3.63) is 46.3 Å². The Hall–Kier alpha value is -1.79. The molecule has 0 fully saturated rings. The third-order valence-electron chi connectivity index (χ3n) is 4.47. The Labute approximate surface area is 147 Å². The minimum Gasteiger partial charge on any atom is -0.203 e. The lowest BCUT2D eigenvalue weighted by Gasteiger charge is -2.13. The third-order valence-corrected chi connectivity index (χ3v) is 4.47. The molecular formula is C19H19F7. The van der Waals surface area contributed by atoms with Crippen LogP contribution in [0.2, 0.25) is 0 Å². The van der Waals surface area contributed by atoms with E-state index in [9.17, 15) is 30.7 Å². The molecule has 0 saturated carbocycles. The van der Waals surface area contributed by atoms with Crippen LogP contribution in [0.1, 0.15) is 57.4 Å². The Morgan fingerprint density at radius 1 is 0.462 bits per heavy atom. The van der Waals surface area contributed by atoms with Gasteiger partial charge in [0.25, 0.3) is 0 Å². The lowest BCUT2D eigenvalue weighted by Crippen LogP contribution is -2.08. The smallest absolute Gasteiger partial charge is 0.198 e. The first-order valence-corrected chi connectivity index (χ1v) is 8.63. The van der Waals surface area contributed by atoms with E-state index in [-0.39, 0.29) is 6.42 Å². The summed E-state index contributed by atoms with van der Waals surface area (Å²) in [6, 6.07) is 0. The van der Waals surface area contributed by atoms with Crippen LogP contribution in [0.25, 0.3) is 10.8 Å². The van der Waals surface area contributed by atoms with Crippen LogP contribution in [0, 0.1) is 40.7 Å². The van der Waals surface area contributed by atoms with Crippen LogP contribution < -0.4 is 0 Å². The van der Waals surface area contributed by atoms with Gasteiger partial charge in [0.05, 0.1) is 5.39 Å². The number of halogens is 7. The Balaban J connectivity index is 2.37. The normalized spacial score (nSPS) is 11.5. The molecule has 0 N–H and O–H groups in total. The fraction of sp³-hybridized carbons (Fsp3) is 0.474. The van der Waals surface area contributed by atoms with Crippen molar-refractivity contribution in [1.29, 1.82) is 0 Å². The Kier molecular flexibility index (Phi) is 6.89. The Morgan fingerprint density at radius 2 is 0.885 bits per heavy atom. The quantitative estimate of drug-likeness (QED) is 0.198. The summed E-state index contributed by atoms with van der Waals surface area (Å²) in [5.74, 6) is -14.2. The molecule has 0 aliphatic heterocycles. The highest BCUT2D eigenvalue weighted by molar-refractivity contribution is 5.88. The van der Waals surface area contributed by atoms with Crippen molar-refractivity contribution < 1.29 is 30.7 Å². The molecule has 144 valence electrons. The number of aryl methyl sites for hydroxylation is 1. The van der Waals surface area contributed by atoms with Crippen molar-refractivity contribution >= 4 is 10.8 Å². The molecule has 7 heteroatoms. The highest BCUT2D eigenvalue weighted by Crippen LogP contribution is 2.35. The van der Waals surface area contributed by atoms with Crippen LogP contribution in [0.15, 0.2) is 0 Å². The maximum Gasteiger partial charge on any atom is 0.198 e. The molecule has 0 aliphatic carbocycles. The predicted molar refractivity (Wildman–Crippen MR) is 85.4 cm³/mol.